The number of para-hydroxylation sites is 1. The average molecular weight is 336 g/mol. The predicted octanol–water partition coefficient (Wildman–Crippen LogP) is 3.28. The van der Waals surface area contributed by atoms with Gasteiger partial charge in [-0.3, -0.25) is 4.79 Å². The van der Waals surface area contributed by atoms with Crippen molar-refractivity contribution in [2.75, 3.05) is 19.5 Å². The predicted molar refractivity (Wildman–Crippen MR) is 94.0 cm³/mol. The lowest BCUT2D eigenvalue weighted by Gasteiger charge is -2.11. The number of methoxy groups -OCH3 is 2. The molecule has 1 N–H and O–H groups in total. The lowest BCUT2D eigenvalue weighted by atomic mass is 10.1. The highest BCUT2D eigenvalue weighted by Crippen LogP contribution is 2.23. The minimum atomic E-state index is -0.569. The lowest BCUT2D eigenvalue weighted by molar-refractivity contribution is 0.0601. The van der Waals surface area contributed by atoms with Crippen molar-refractivity contribution in [3.63, 3.8) is 0 Å². The second-order valence-electron chi connectivity index (χ2n) is 5.25. The topological polar surface area (TPSA) is 77.5 Å². The highest BCUT2D eigenvalue weighted by molar-refractivity contribution is 6.08. The van der Waals surface area contributed by atoms with Crippen molar-refractivity contribution >= 4 is 28.5 Å². The van der Waals surface area contributed by atoms with E-state index in [4.69, 9.17) is 9.47 Å². The summed E-state index contributed by atoms with van der Waals surface area (Å²) in [7, 11) is 2.77. The van der Waals surface area contributed by atoms with Crippen molar-refractivity contribution < 1.29 is 19.1 Å². The van der Waals surface area contributed by atoms with Crippen molar-refractivity contribution in [2.24, 2.45) is 0 Å². The molecular formula is C19H16N2O4. The zero-order valence-electron chi connectivity index (χ0n) is 13.8. The van der Waals surface area contributed by atoms with E-state index < -0.39 is 11.9 Å². The van der Waals surface area contributed by atoms with E-state index in [0.717, 1.165) is 10.9 Å². The SMILES string of the molecule is COC(=O)c1cc(OC)ccc1NC(=O)c1ccc2ccccc2n1. The third-order valence-electron chi connectivity index (χ3n) is 3.71. The van der Waals surface area contributed by atoms with Gasteiger partial charge in [-0.05, 0) is 30.3 Å². The van der Waals surface area contributed by atoms with Gasteiger partial charge in [-0.2, -0.15) is 0 Å². The van der Waals surface area contributed by atoms with Crippen LogP contribution in [0.15, 0.2) is 54.6 Å². The van der Waals surface area contributed by atoms with Crippen LogP contribution in [-0.4, -0.2) is 31.1 Å². The lowest BCUT2D eigenvalue weighted by Crippen LogP contribution is -2.16. The molecule has 6 nitrogen and oxygen atoms in total. The summed E-state index contributed by atoms with van der Waals surface area (Å²) >= 11 is 0. The number of ether oxygens (including phenoxy) is 2. The van der Waals surface area contributed by atoms with E-state index in [1.165, 1.54) is 20.3 Å². The number of aromatic nitrogens is 1. The summed E-state index contributed by atoms with van der Waals surface area (Å²) in [5.41, 5.74) is 1.51. The second-order valence-corrected chi connectivity index (χ2v) is 5.25. The molecule has 1 heterocycles. The van der Waals surface area contributed by atoms with Crippen LogP contribution in [0.1, 0.15) is 20.8 Å². The van der Waals surface area contributed by atoms with Crippen LogP contribution in [0.4, 0.5) is 5.69 Å². The summed E-state index contributed by atoms with van der Waals surface area (Å²) < 4.78 is 9.87. The molecule has 0 aliphatic rings. The summed E-state index contributed by atoms with van der Waals surface area (Å²) in [5.74, 6) is -0.496. The molecular weight excluding hydrogens is 320 g/mol. The Kier molecular flexibility index (Phi) is 4.61. The van der Waals surface area contributed by atoms with Gasteiger partial charge in [0.2, 0.25) is 0 Å². The molecule has 0 aliphatic heterocycles. The van der Waals surface area contributed by atoms with Gasteiger partial charge in [0.15, 0.2) is 0 Å². The molecule has 3 rings (SSSR count). The fourth-order valence-corrected chi connectivity index (χ4v) is 2.42. The standard InChI is InChI=1S/C19H16N2O4/c1-24-13-8-10-16(14(11-13)19(23)25-2)21-18(22)17-9-7-12-5-3-4-6-15(12)20-17/h3-11H,1-2H3,(H,21,22). The minimum absolute atomic E-state index is 0.205. The fourth-order valence-electron chi connectivity index (χ4n) is 2.42. The first kappa shape index (κ1) is 16.4. The molecule has 25 heavy (non-hydrogen) atoms. The Labute approximate surface area is 144 Å². The number of fused-ring (bicyclic) bond motifs is 1. The number of benzene rings is 2. The first-order valence-corrected chi connectivity index (χ1v) is 7.56. The van der Waals surface area contributed by atoms with Crippen LogP contribution in [0, 0.1) is 0 Å². The zero-order valence-corrected chi connectivity index (χ0v) is 13.8. The molecule has 0 unspecified atom stereocenters. The second kappa shape index (κ2) is 7.00. The van der Waals surface area contributed by atoms with E-state index in [9.17, 15) is 9.59 Å². The van der Waals surface area contributed by atoms with Gasteiger partial charge in [-0.1, -0.05) is 24.3 Å². The molecule has 0 bridgehead atoms. The third kappa shape index (κ3) is 3.42. The Balaban J connectivity index is 1.92. The molecule has 1 amide bonds. The van der Waals surface area contributed by atoms with E-state index >= 15 is 0 Å². The van der Waals surface area contributed by atoms with E-state index in [2.05, 4.69) is 10.3 Å². The Morgan fingerprint density at radius 3 is 2.56 bits per heavy atom. The normalized spacial score (nSPS) is 10.3. The van der Waals surface area contributed by atoms with Crippen LogP contribution in [0.5, 0.6) is 5.75 Å². The molecule has 0 spiro atoms. The van der Waals surface area contributed by atoms with Gasteiger partial charge in [0.05, 0.1) is 31.0 Å². The molecule has 0 radical (unpaired) electrons. The summed E-state index contributed by atoms with van der Waals surface area (Å²) in [6.45, 7) is 0. The summed E-state index contributed by atoms with van der Waals surface area (Å²) in [5, 5.41) is 3.64. The van der Waals surface area contributed by atoms with Gasteiger partial charge in [-0.15, -0.1) is 0 Å². The Morgan fingerprint density at radius 1 is 1.00 bits per heavy atom. The smallest absolute Gasteiger partial charge is 0.340 e. The number of carbonyl (C=O) groups is 2. The number of nitrogens with one attached hydrogen (secondary N) is 1. The van der Waals surface area contributed by atoms with Crippen molar-refractivity contribution in [1.82, 2.24) is 4.98 Å². The van der Waals surface area contributed by atoms with Crippen LogP contribution in [0.25, 0.3) is 10.9 Å². The quantitative estimate of drug-likeness (QED) is 0.740. The van der Waals surface area contributed by atoms with E-state index in [1.807, 2.05) is 30.3 Å². The Bertz CT molecular complexity index is 953. The van der Waals surface area contributed by atoms with Crippen molar-refractivity contribution in [1.29, 1.82) is 0 Å². The molecule has 0 aliphatic carbocycles. The number of nitrogens with zero attached hydrogens (tertiary/aromatic N) is 1. The van der Waals surface area contributed by atoms with Crippen molar-refractivity contribution in [3.05, 3.63) is 65.9 Å². The van der Waals surface area contributed by atoms with Crippen molar-refractivity contribution in [3.8, 4) is 5.75 Å². The monoisotopic (exact) mass is 336 g/mol. The number of anilines is 1. The average Bonchev–Trinajstić information content (AvgIpc) is 2.67. The number of esters is 1. The van der Waals surface area contributed by atoms with E-state index in [1.54, 1.807) is 18.2 Å². The van der Waals surface area contributed by atoms with Gasteiger partial charge < -0.3 is 14.8 Å². The van der Waals surface area contributed by atoms with Crippen LogP contribution in [0.3, 0.4) is 0 Å². The number of hydrogen-bond donors (Lipinski definition) is 1. The summed E-state index contributed by atoms with van der Waals surface area (Å²) in [6.07, 6.45) is 0. The van der Waals surface area contributed by atoms with Crippen LogP contribution < -0.4 is 10.1 Å². The van der Waals surface area contributed by atoms with E-state index in [-0.39, 0.29) is 11.3 Å². The molecule has 2 aromatic carbocycles. The van der Waals surface area contributed by atoms with Crippen molar-refractivity contribution in [2.45, 2.75) is 0 Å². The Hall–Kier alpha value is -3.41. The fraction of sp³-hybridized carbons (Fsp3) is 0.105. The maximum Gasteiger partial charge on any atom is 0.340 e. The van der Waals surface area contributed by atoms with Gasteiger partial charge >= 0.3 is 5.97 Å². The number of hydrogen-bond acceptors (Lipinski definition) is 5. The molecule has 126 valence electrons. The molecule has 3 aromatic rings. The first-order valence-electron chi connectivity index (χ1n) is 7.56. The van der Waals surface area contributed by atoms with Crippen LogP contribution in [-0.2, 0) is 4.74 Å². The maximum atomic E-state index is 12.5. The molecule has 6 heteroatoms. The number of amides is 1. The number of rotatable bonds is 4. The number of carbonyl (C=O) groups excluding carboxylic acids is 2. The van der Waals surface area contributed by atoms with E-state index in [0.29, 0.717) is 11.4 Å². The zero-order chi connectivity index (χ0) is 17.8. The third-order valence-corrected chi connectivity index (χ3v) is 3.71. The van der Waals surface area contributed by atoms with Gasteiger partial charge in [0.25, 0.3) is 5.91 Å². The van der Waals surface area contributed by atoms with Crippen LogP contribution in [0.2, 0.25) is 0 Å². The summed E-state index contributed by atoms with van der Waals surface area (Å²) in [4.78, 5) is 28.8. The molecule has 0 saturated heterocycles. The minimum Gasteiger partial charge on any atom is -0.497 e. The Morgan fingerprint density at radius 2 is 1.80 bits per heavy atom. The first-order chi connectivity index (χ1) is 12.1. The van der Waals surface area contributed by atoms with Gasteiger partial charge in [-0.25, -0.2) is 9.78 Å². The molecule has 0 atom stereocenters. The largest absolute Gasteiger partial charge is 0.497 e. The van der Waals surface area contributed by atoms with Gasteiger partial charge in [0.1, 0.15) is 11.4 Å². The molecule has 0 saturated carbocycles. The molecule has 0 fully saturated rings. The van der Waals surface area contributed by atoms with Crippen LogP contribution >= 0.6 is 0 Å². The maximum absolute atomic E-state index is 12.5. The highest BCUT2D eigenvalue weighted by Gasteiger charge is 2.17. The highest BCUT2D eigenvalue weighted by atomic mass is 16.5. The molecule has 1 aromatic heterocycles. The number of pyridine rings is 1. The summed E-state index contributed by atoms with van der Waals surface area (Å²) in [6, 6.07) is 15.7. The van der Waals surface area contributed by atoms with Gasteiger partial charge in [0, 0.05) is 5.39 Å².